The van der Waals surface area contributed by atoms with Crippen LogP contribution in [0.4, 0.5) is 5.69 Å². The zero-order valence-electron chi connectivity index (χ0n) is 11.3. The Hall–Kier alpha value is -2.88. The maximum atomic E-state index is 12.2. The Kier molecular flexibility index (Phi) is 3.51. The Morgan fingerprint density at radius 2 is 1.76 bits per heavy atom. The van der Waals surface area contributed by atoms with E-state index in [1.165, 1.54) is 0 Å². The van der Waals surface area contributed by atoms with Crippen molar-refractivity contribution in [2.75, 3.05) is 5.32 Å². The number of benzene rings is 2. The maximum Gasteiger partial charge on any atom is 0.228 e. The second-order valence-electron chi connectivity index (χ2n) is 4.77. The van der Waals surface area contributed by atoms with E-state index in [2.05, 4.69) is 10.3 Å². The highest BCUT2D eigenvalue weighted by molar-refractivity contribution is 5.99. The summed E-state index contributed by atoms with van der Waals surface area (Å²) >= 11 is 0. The van der Waals surface area contributed by atoms with Gasteiger partial charge in [0.15, 0.2) is 6.29 Å². The van der Waals surface area contributed by atoms with Gasteiger partial charge < -0.3 is 10.3 Å². The van der Waals surface area contributed by atoms with E-state index in [0.29, 0.717) is 5.69 Å². The van der Waals surface area contributed by atoms with Gasteiger partial charge in [0, 0.05) is 16.6 Å². The number of carbonyl (C=O) groups is 2. The fraction of sp³-hybridized carbons (Fsp3) is 0.0588. The van der Waals surface area contributed by atoms with Crippen molar-refractivity contribution in [1.29, 1.82) is 0 Å². The van der Waals surface area contributed by atoms with Crippen molar-refractivity contribution < 1.29 is 9.59 Å². The van der Waals surface area contributed by atoms with Gasteiger partial charge in [0.2, 0.25) is 5.91 Å². The number of para-hydroxylation sites is 2. The second kappa shape index (κ2) is 5.63. The minimum atomic E-state index is -0.144. The molecule has 0 radical (unpaired) electrons. The summed E-state index contributed by atoms with van der Waals surface area (Å²) in [6.07, 6.45) is 0.915. The quantitative estimate of drug-likeness (QED) is 0.720. The summed E-state index contributed by atoms with van der Waals surface area (Å²) in [7, 11) is 0. The molecule has 104 valence electrons. The van der Waals surface area contributed by atoms with Crippen molar-refractivity contribution in [3.8, 4) is 0 Å². The van der Waals surface area contributed by atoms with Crippen molar-refractivity contribution in [3.05, 3.63) is 65.9 Å². The monoisotopic (exact) mass is 278 g/mol. The first-order valence-electron chi connectivity index (χ1n) is 6.67. The van der Waals surface area contributed by atoms with Gasteiger partial charge in [-0.1, -0.05) is 36.4 Å². The first-order valence-corrected chi connectivity index (χ1v) is 6.67. The number of carbonyl (C=O) groups excluding carboxylic acids is 2. The molecule has 0 fully saturated rings. The number of nitrogens with one attached hydrogen (secondary N) is 2. The molecule has 0 atom stereocenters. The van der Waals surface area contributed by atoms with Crippen LogP contribution in [0.2, 0.25) is 0 Å². The molecule has 3 rings (SSSR count). The molecule has 21 heavy (non-hydrogen) atoms. The van der Waals surface area contributed by atoms with Gasteiger partial charge in [-0.15, -0.1) is 0 Å². The van der Waals surface area contributed by atoms with Crippen LogP contribution in [0.25, 0.3) is 10.9 Å². The summed E-state index contributed by atoms with van der Waals surface area (Å²) in [6.45, 7) is 0. The summed E-state index contributed by atoms with van der Waals surface area (Å²) in [6, 6.07) is 16.8. The Morgan fingerprint density at radius 3 is 2.52 bits per heavy atom. The number of aromatic amines is 1. The molecule has 1 amide bonds. The topological polar surface area (TPSA) is 62.0 Å². The van der Waals surface area contributed by atoms with Gasteiger partial charge in [-0.3, -0.25) is 9.59 Å². The molecule has 0 saturated carbocycles. The van der Waals surface area contributed by atoms with Gasteiger partial charge in [-0.2, -0.15) is 0 Å². The van der Waals surface area contributed by atoms with E-state index in [-0.39, 0.29) is 12.3 Å². The van der Waals surface area contributed by atoms with Crippen LogP contribution in [-0.2, 0) is 11.2 Å². The summed E-state index contributed by atoms with van der Waals surface area (Å²) in [5.74, 6) is -0.144. The minimum Gasteiger partial charge on any atom is -0.352 e. The third kappa shape index (κ3) is 2.69. The molecule has 0 bridgehead atoms. The Morgan fingerprint density at radius 1 is 1.05 bits per heavy atom. The highest BCUT2D eigenvalue weighted by atomic mass is 16.1. The second-order valence-corrected chi connectivity index (χ2v) is 4.77. The number of hydrogen-bond acceptors (Lipinski definition) is 2. The number of amides is 1. The average Bonchev–Trinajstić information content (AvgIpc) is 2.86. The van der Waals surface area contributed by atoms with Crippen molar-refractivity contribution in [1.82, 2.24) is 4.98 Å². The smallest absolute Gasteiger partial charge is 0.228 e. The number of rotatable bonds is 4. The van der Waals surface area contributed by atoms with Gasteiger partial charge in [0.1, 0.15) is 0 Å². The lowest BCUT2D eigenvalue weighted by Gasteiger charge is -2.05. The molecular weight excluding hydrogens is 264 g/mol. The lowest BCUT2D eigenvalue weighted by atomic mass is 10.1. The number of aromatic nitrogens is 1. The zero-order chi connectivity index (χ0) is 14.7. The first kappa shape index (κ1) is 13.1. The van der Waals surface area contributed by atoms with Gasteiger partial charge in [-0.05, 0) is 23.8 Å². The highest BCUT2D eigenvalue weighted by Gasteiger charge is 2.14. The zero-order valence-corrected chi connectivity index (χ0v) is 11.3. The molecule has 0 spiro atoms. The van der Waals surface area contributed by atoms with Gasteiger partial charge >= 0.3 is 0 Å². The first-order chi connectivity index (χ1) is 10.3. The van der Waals surface area contributed by atoms with Crippen LogP contribution in [0.5, 0.6) is 0 Å². The molecule has 1 aromatic heterocycles. The lowest BCUT2D eigenvalue weighted by Crippen LogP contribution is -2.15. The molecule has 0 aliphatic rings. The van der Waals surface area contributed by atoms with Crippen molar-refractivity contribution in [2.24, 2.45) is 0 Å². The van der Waals surface area contributed by atoms with E-state index in [1.54, 1.807) is 0 Å². The van der Waals surface area contributed by atoms with E-state index in [0.717, 1.165) is 28.4 Å². The van der Waals surface area contributed by atoms with Crippen LogP contribution >= 0.6 is 0 Å². The molecule has 2 N–H and O–H groups in total. The van der Waals surface area contributed by atoms with Crippen LogP contribution in [0.1, 0.15) is 16.1 Å². The third-order valence-electron chi connectivity index (χ3n) is 3.36. The number of H-pyrrole nitrogens is 1. The summed E-state index contributed by atoms with van der Waals surface area (Å²) in [4.78, 5) is 26.4. The Balaban J connectivity index is 1.87. The molecule has 0 aliphatic carbocycles. The van der Waals surface area contributed by atoms with Gasteiger partial charge in [0.25, 0.3) is 0 Å². The molecule has 2 aromatic carbocycles. The molecule has 0 saturated heterocycles. The van der Waals surface area contributed by atoms with Gasteiger partial charge in [0.05, 0.1) is 12.1 Å². The highest BCUT2D eigenvalue weighted by Crippen LogP contribution is 2.22. The Labute approximate surface area is 121 Å². The normalized spacial score (nSPS) is 10.5. The average molecular weight is 278 g/mol. The molecule has 4 heteroatoms. The number of aldehydes is 1. The van der Waals surface area contributed by atoms with E-state index in [4.69, 9.17) is 0 Å². The van der Waals surface area contributed by atoms with Crippen LogP contribution in [0.3, 0.4) is 0 Å². The van der Waals surface area contributed by atoms with E-state index in [1.807, 2.05) is 54.6 Å². The third-order valence-corrected chi connectivity index (χ3v) is 3.36. The fourth-order valence-electron chi connectivity index (χ4n) is 2.40. The number of fused-ring (bicyclic) bond motifs is 1. The number of hydrogen-bond donors (Lipinski definition) is 2. The Bertz CT molecular complexity index is 791. The SMILES string of the molecule is O=Cc1[nH]c2ccccc2c1CC(=O)Nc1ccccc1. The predicted molar refractivity (Wildman–Crippen MR) is 82.5 cm³/mol. The fourth-order valence-corrected chi connectivity index (χ4v) is 2.40. The molecule has 4 nitrogen and oxygen atoms in total. The van der Waals surface area contributed by atoms with Crippen molar-refractivity contribution in [3.63, 3.8) is 0 Å². The van der Waals surface area contributed by atoms with E-state index in [9.17, 15) is 9.59 Å². The van der Waals surface area contributed by atoms with Crippen LogP contribution in [0, 0.1) is 0 Å². The summed E-state index contributed by atoms with van der Waals surface area (Å²) in [5, 5.41) is 3.73. The summed E-state index contributed by atoms with van der Waals surface area (Å²) in [5.41, 5.74) is 2.80. The van der Waals surface area contributed by atoms with Crippen molar-refractivity contribution >= 4 is 28.8 Å². The van der Waals surface area contributed by atoms with Crippen LogP contribution in [-0.4, -0.2) is 17.2 Å². The largest absolute Gasteiger partial charge is 0.352 e. The standard InChI is InChI=1S/C17H14N2O2/c20-11-16-14(13-8-4-5-9-15(13)19-16)10-17(21)18-12-6-2-1-3-7-12/h1-9,11,19H,10H2,(H,18,21). The number of anilines is 1. The minimum absolute atomic E-state index is 0.144. The maximum absolute atomic E-state index is 12.2. The van der Waals surface area contributed by atoms with E-state index < -0.39 is 0 Å². The molecule has 0 aliphatic heterocycles. The van der Waals surface area contributed by atoms with Crippen LogP contribution < -0.4 is 5.32 Å². The van der Waals surface area contributed by atoms with Crippen LogP contribution in [0.15, 0.2) is 54.6 Å². The molecule has 1 heterocycles. The molecule has 3 aromatic rings. The molecule has 0 unspecified atom stereocenters. The lowest BCUT2D eigenvalue weighted by molar-refractivity contribution is -0.115. The molecular formula is C17H14N2O2. The van der Waals surface area contributed by atoms with Gasteiger partial charge in [-0.25, -0.2) is 0 Å². The van der Waals surface area contributed by atoms with Crippen molar-refractivity contribution in [2.45, 2.75) is 6.42 Å². The summed E-state index contributed by atoms with van der Waals surface area (Å²) < 4.78 is 0. The predicted octanol–water partition coefficient (Wildman–Crippen LogP) is 3.16. The van der Waals surface area contributed by atoms with E-state index >= 15 is 0 Å².